The second kappa shape index (κ2) is 44.9. The Bertz CT molecular complexity index is 6350. The molecule has 4 aromatic carbocycles. The minimum Gasteiger partial charge on any atom is -0.469 e. The van der Waals surface area contributed by atoms with Crippen LogP contribution in [0.3, 0.4) is 0 Å². The number of furan rings is 1. The second-order valence-corrected chi connectivity index (χ2v) is 37.4. The van der Waals surface area contributed by atoms with Crippen LogP contribution in [0.2, 0.25) is 0 Å². The molecule has 17 rings (SSSR count). The lowest BCUT2D eigenvalue weighted by molar-refractivity contribution is -0.140. The lowest BCUT2D eigenvalue weighted by Gasteiger charge is -2.51. The molecule has 3 saturated heterocycles. The monoisotopic (exact) mass is 1930 g/mol. The van der Waals surface area contributed by atoms with E-state index >= 15 is 13.2 Å². The summed E-state index contributed by atoms with van der Waals surface area (Å²) in [5.74, 6) is -3.14. The largest absolute Gasteiger partial charge is 0.469 e. The Kier molecular flexibility index (Phi) is 32.5. The number of ketones is 1. The van der Waals surface area contributed by atoms with Gasteiger partial charge in [0.15, 0.2) is 11.5 Å². The molecule has 5 amide bonds. The number of anilines is 2. The number of ether oxygens (including phenoxy) is 3. The number of amides is 5. The van der Waals surface area contributed by atoms with E-state index in [2.05, 4.69) is 117 Å². The van der Waals surface area contributed by atoms with Crippen LogP contribution < -0.4 is 33.6 Å². The molecule has 6 aromatic heterocycles. The van der Waals surface area contributed by atoms with E-state index in [1.54, 1.807) is 39.0 Å². The van der Waals surface area contributed by atoms with E-state index in [-0.39, 0.29) is 128 Å². The predicted molar refractivity (Wildman–Crippen MR) is 511 cm³/mol. The number of aromatic nitrogens is 11. The summed E-state index contributed by atoms with van der Waals surface area (Å²) in [4.78, 5) is 103. The van der Waals surface area contributed by atoms with Crippen LogP contribution in [0, 0.1) is 58.2 Å². The van der Waals surface area contributed by atoms with Crippen LogP contribution in [0.5, 0.6) is 0 Å². The van der Waals surface area contributed by atoms with Crippen LogP contribution in [0.4, 0.5) is 29.5 Å². The number of alkyl halides is 3. The maximum Gasteiger partial charge on any atom is 0.412 e. The molecule has 6 fully saturated rings. The van der Waals surface area contributed by atoms with Gasteiger partial charge in [0.25, 0.3) is 23.6 Å². The Morgan fingerprint density at radius 3 is 1.48 bits per heavy atom. The zero-order valence-electron chi connectivity index (χ0n) is 79.6. The van der Waals surface area contributed by atoms with Crippen molar-refractivity contribution in [2.75, 3.05) is 71.2 Å². The fourth-order valence-corrected chi connectivity index (χ4v) is 19.8. The number of esters is 2. The molecule has 4 aliphatic carbocycles. The van der Waals surface area contributed by atoms with Crippen molar-refractivity contribution >= 4 is 64.5 Å². The zero-order valence-corrected chi connectivity index (χ0v) is 79.6. The number of Topliss-reactive ketones (excluding diaryl/α,β-unsaturated/α-hetero) is 1. The SMILES string of the molecule is CCc1ccc(C2(F)CN(C3CCC(CC#N)(n4cc(C(N)=O)c(CC(=O)C5CC5)n4)CC3)C2)cc1.COC(=O)Cc1nn(C2(CC#N)CCC(Nc3ccc(-c4ccco4)cc3)CC2)cc1C(N)=O.COC(=O)Cc1nn(C2(CC#N)CCN(Cc3ccc(-n4ncc(C)n4)cc3)CC2F)cc1C(N)=O.COC(=O)Nc1nn(C2(CC#N)CCN(Cc3ccc(C4=CCCC4)cc3)CC2F)cc1C(N)=O. The lowest BCUT2D eigenvalue weighted by Crippen LogP contribution is -2.61. The van der Waals surface area contributed by atoms with Gasteiger partial charge in [-0.1, -0.05) is 73.7 Å². The number of nitrogens with two attached hydrogens (primary N) is 4. The molecule has 36 nitrogen and oxygen atoms in total. The number of nitrogens with zero attached hydrogens (tertiary/aromatic N) is 18. The van der Waals surface area contributed by atoms with Crippen LogP contribution in [-0.2, 0) is 95.2 Å². The Hall–Kier alpha value is -14.9. The number of benzene rings is 4. The van der Waals surface area contributed by atoms with E-state index in [9.17, 15) is 59.4 Å². The topological polar surface area (TPSA) is 512 Å². The van der Waals surface area contributed by atoms with Gasteiger partial charge in [-0.15, -0.1) is 0 Å². The number of hydrogen-bond acceptors (Lipinski definition) is 26. The minimum absolute atomic E-state index is 0.00861. The van der Waals surface area contributed by atoms with Gasteiger partial charge in [-0.2, -0.15) is 56.4 Å². The summed E-state index contributed by atoms with van der Waals surface area (Å²) in [5, 5.41) is 70.3. The molecule has 738 valence electrons. The molecule has 0 bridgehead atoms. The van der Waals surface area contributed by atoms with Crippen molar-refractivity contribution in [2.24, 2.45) is 28.9 Å². The molecular formula is C102H117F3N24O12. The number of rotatable bonds is 32. The smallest absolute Gasteiger partial charge is 0.412 e. The number of primary amides is 4. The summed E-state index contributed by atoms with van der Waals surface area (Å²) < 4.78 is 72.5. The third-order valence-electron chi connectivity index (χ3n) is 28.3. The van der Waals surface area contributed by atoms with Gasteiger partial charge in [0.2, 0.25) is 0 Å². The van der Waals surface area contributed by atoms with Crippen LogP contribution in [0.1, 0.15) is 221 Å². The van der Waals surface area contributed by atoms with Crippen molar-refractivity contribution in [3.05, 3.63) is 225 Å². The molecule has 3 saturated carbocycles. The number of likely N-dealkylation sites (tertiary alicyclic amines) is 3. The van der Waals surface area contributed by atoms with Gasteiger partial charge >= 0.3 is 18.0 Å². The lowest BCUT2D eigenvalue weighted by atomic mass is 9.75. The Labute approximate surface area is 814 Å². The van der Waals surface area contributed by atoms with Gasteiger partial charge in [0, 0.05) is 106 Å². The van der Waals surface area contributed by atoms with E-state index in [1.807, 2.05) is 102 Å². The van der Waals surface area contributed by atoms with E-state index in [0.29, 0.717) is 77.1 Å². The van der Waals surface area contributed by atoms with Gasteiger partial charge in [-0.25, -0.2) is 18.0 Å². The number of nitrogens with one attached hydrogen (secondary N) is 2. The van der Waals surface area contributed by atoms with Crippen molar-refractivity contribution in [1.29, 1.82) is 21.0 Å². The van der Waals surface area contributed by atoms with Crippen molar-refractivity contribution in [1.82, 2.24) is 68.8 Å². The quantitative estimate of drug-likeness (QED) is 0.0168. The van der Waals surface area contributed by atoms with Crippen LogP contribution in [0.15, 0.2) is 157 Å². The number of halogens is 3. The summed E-state index contributed by atoms with van der Waals surface area (Å²) in [7, 11) is 3.66. The minimum atomic E-state index is -1.45. The molecule has 3 aliphatic heterocycles. The number of nitriles is 4. The molecule has 0 spiro atoms. The molecule has 39 heteroatoms. The first kappa shape index (κ1) is 102. The van der Waals surface area contributed by atoms with Crippen LogP contribution >= 0.6 is 0 Å². The number of methoxy groups -OCH3 is 3. The van der Waals surface area contributed by atoms with E-state index in [4.69, 9.17) is 32.1 Å². The summed E-state index contributed by atoms with van der Waals surface area (Å²) >= 11 is 0. The second-order valence-electron chi connectivity index (χ2n) is 37.4. The first-order valence-electron chi connectivity index (χ1n) is 47.3. The molecule has 141 heavy (non-hydrogen) atoms. The summed E-state index contributed by atoms with van der Waals surface area (Å²) in [6.45, 7) is 7.03. The highest BCUT2D eigenvalue weighted by atomic mass is 19.1. The average Bonchev–Trinajstić information content (AvgIpc) is 1.59. The van der Waals surface area contributed by atoms with E-state index in [0.717, 1.165) is 103 Å². The maximum absolute atomic E-state index is 15.8. The molecular weight excluding hydrogens is 1810 g/mol. The molecule has 10 aromatic rings. The highest BCUT2D eigenvalue weighted by Gasteiger charge is 2.52. The number of hydrogen-bond donors (Lipinski definition) is 6. The first-order valence-corrected chi connectivity index (χ1v) is 47.3. The van der Waals surface area contributed by atoms with E-state index in [1.165, 1.54) is 66.2 Å². The van der Waals surface area contributed by atoms with Crippen LogP contribution in [0.25, 0.3) is 22.6 Å². The van der Waals surface area contributed by atoms with Gasteiger partial charge in [0.05, 0.1) is 159 Å². The summed E-state index contributed by atoms with van der Waals surface area (Å²) in [6, 6.07) is 45.0. The maximum atomic E-state index is 15.8. The molecule has 4 atom stereocenters. The molecule has 4 unspecified atom stereocenters. The van der Waals surface area contributed by atoms with Crippen molar-refractivity contribution in [3.8, 4) is 41.3 Å². The fourth-order valence-electron chi connectivity index (χ4n) is 19.8. The zero-order chi connectivity index (χ0) is 101. The molecule has 10 N–H and O–H groups in total. The average molecular weight is 1930 g/mol. The number of allylic oxidation sites excluding steroid dienone is 2. The predicted octanol–water partition coefficient (Wildman–Crippen LogP) is 12.4. The van der Waals surface area contributed by atoms with Crippen LogP contribution in [-0.4, -0.2) is 201 Å². The normalized spacial score (nSPS) is 22.0. The summed E-state index contributed by atoms with van der Waals surface area (Å²) in [5.41, 5.74) is 28.5. The van der Waals surface area contributed by atoms with Crippen molar-refractivity contribution in [3.63, 3.8) is 0 Å². The van der Waals surface area contributed by atoms with Gasteiger partial charge in [0.1, 0.15) is 40.5 Å². The highest BCUT2D eigenvalue weighted by Crippen LogP contribution is 2.47. The van der Waals surface area contributed by atoms with Gasteiger partial charge < -0.3 is 46.9 Å². The summed E-state index contributed by atoms with van der Waals surface area (Å²) in [6.07, 6.45) is 20.4. The molecule has 7 aliphatic rings. The first-order chi connectivity index (χ1) is 67.8. The number of carbonyl (C=O) groups is 8. The Morgan fingerprint density at radius 2 is 1.03 bits per heavy atom. The van der Waals surface area contributed by atoms with Gasteiger partial charge in [-0.3, -0.25) is 72.3 Å². The Balaban J connectivity index is 0.000000150. The third-order valence-corrected chi connectivity index (χ3v) is 28.3. The standard InChI is InChI=1S/C28H34FN5O2.C25H29FN6O3.C25H27N5O4.C24H27FN8O3/c1-2-19-3-7-21(8-4-19)28(29)17-33(18-28)22-9-11-27(12-10-22,13-14-30)34-16-23(26(31)36)24(32-34)15-25(35)20-5-6-20;1-35-24(34)29-23-20(22(28)33)15-32(30-23)25(10-12-27)11-13-31(16-21(25)26)14-17-6-8-19(9-7-17)18-4-2-3-5-18;1-33-23(31)15-21-20(24(27)32)16-30(29-21)25(12-13-26)10-8-19(9-11-25)28-18-6-4-17(5-7-18)22-3-2-14-34-22;1-16-12-28-33(29-16)18-5-3-17(4-6-18)13-31-10-8-24(7-9-26,21(25)15-31)32-14-19(23(27)35)20(30-32)11-22(34)36-2/h3-4,7-8,16,20,22H,2,5-6,9-13,15,17-18H2,1H3,(H2,31,36);4,6-9,15,21H,2-3,5,10-11,13-14,16H2,1H3,(H2,28,33)(H,29,30,34);2-7,14,16,19,28H,8-12,15H2,1H3,(H2,27,32);3-6,12,14,21H,7-8,10-11,13,15H2,1-2H3,(H2,27,35). The molecule has 9 heterocycles. The molecule has 0 radical (unpaired) electrons. The van der Waals surface area contributed by atoms with Crippen molar-refractivity contribution in [2.45, 2.75) is 227 Å². The van der Waals surface area contributed by atoms with Gasteiger partial charge in [-0.05, 0) is 192 Å². The highest BCUT2D eigenvalue weighted by molar-refractivity contribution is 6.01. The van der Waals surface area contributed by atoms with Crippen molar-refractivity contribution < 1.29 is 70.2 Å². The number of piperidine rings is 2. The third kappa shape index (κ3) is 23.6. The Morgan fingerprint density at radius 1 is 0.546 bits per heavy atom. The fraction of sp³-hybridized carbons (Fsp3) is 0.451. The number of carbonyl (C=O) groups excluding carboxylic acids is 8. The number of aryl methyl sites for hydroxylation is 2. The van der Waals surface area contributed by atoms with E-state index < -0.39 is 81.8 Å².